The van der Waals surface area contributed by atoms with E-state index in [1.54, 1.807) is 19.2 Å². The third-order valence-corrected chi connectivity index (χ3v) is 3.41. The van der Waals surface area contributed by atoms with Gasteiger partial charge in [-0.3, -0.25) is 4.99 Å². The Morgan fingerprint density at radius 2 is 2.09 bits per heavy atom. The molecule has 2 rings (SSSR count). The molecule has 0 aromatic heterocycles. The fourth-order valence-corrected chi connectivity index (χ4v) is 1.99. The van der Waals surface area contributed by atoms with Crippen LogP contribution in [0, 0.1) is 5.92 Å². The highest BCUT2D eigenvalue weighted by atomic mass is 127. The summed E-state index contributed by atoms with van der Waals surface area (Å²) in [6.07, 6.45) is 2.48. The highest BCUT2D eigenvalue weighted by Crippen LogP contribution is 2.27. The van der Waals surface area contributed by atoms with Gasteiger partial charge in [-0.25, -0.2) is 0 Å². The van der Waals surface area contributed by atoms with Crippen LogP contribution in [0.15, 0.2) is 23.2 Å². The van der Waals surface area contributed by atoms with Gasteiger partial charge < -0.3 is 20.1 Å². The standard InChI is InChI=1S/C15H21F2N3O2.HI/c1-18-15(19-8-10-3-4-10)20-9-11-7-12(21-2)5-6-13(11)22-14(16)17;/h5-7,10,14H,3-4,8-9H2,1-2H3,(H2,18,19,20);1H. The number of nitrogens with zero attached hydrogens (tertiary/aromatic N) is 1. The van der Waals surface area contributed by atoms with Crippen molar-refractivity contribution in [1.82, 2.24) is 10.6 Å². The molecule has 1 aromatic carbocycles. The van der Waals surface area contributed by atoms with Gasteiger partial charge in [-0.05, 0) is 37.0 Å². The third-order valence-electron chi connectivity index (χ3n) is 3.41. The molecule has 0 amide bonds. The normalized spacial score (nSPS) is 14.2. The maximum Gasteiger partial charge on any atom is 0.387 e. The number of halogens is 3. The van der Waals surface area contributed by atoms with Crippen LogP contribution >= 0.6 is 24.0 Å². The van der Waals surface area contributed by atoms with Crippen molar-refractivity contribution in [2.24, 2.45) is 10.9 Å². The van der Waals surface area contributed by atoms with Crippen LogP contribution in [0.5, 0.6) is 11.5 Å². The number of hydrogen-bond donors (Lipinski definition) is 2. The Hall–Kier alpha value is -1.32. The predicted molar refractivity (Wildman–Crippen MR) is 96.0 cm³/mol. The second kappa shape index (κ2) is 9.74. The van der Waals surface area contributed by atoms with E-state index in [0.717, 1.165) is 6.54 Å². The summed E-state index contributed by atoms with van der Waals surface area (Å²) in [6.45, 7) is -1.68. The number of methoxy groups -OCH3 is 1. The third kappa shape index (κ3) is 6.76. The molecule has 0 atom stereocenters. The monoisotopic (exact) mass is 441 g/mol. The fourth-order valence-electron chi connectivity index (χ4n) is 1.99. The minimum absolute atomic E-state index is 0. The Kier molecular flexibility index (Phi) is 8.35. The highest BCUT2D eigenvalue weighted by Gasteiger charge is 2.21. The summed E-state index contributed by atoms with van der Waals surface area (Å²) in [5.41, 5.74) is 0.578. The zero-order valence-corrected chi connectivity index (χ0v) is 15.5. The molecular formula is C15H22F2IN3O2. The smallest absolute Gasteiger partial charge is 0.387 e. The van der Waals surface area contributed by atoms with Crippen LogP contribution in [0.4, 0.5) is 8.78 Å². The van der Waals surface area contributed by atoms with Gasteiger partial charge in [0.05, 0.1) is 7.11 Å². The largest absolute Gasteiger partial charge is 0.497 e. The molecule has 0 aliphatic heterocycles. The fraction of sp³-hybridized carbons (Fsp3) is 0.533. The van der Waals surface area contributed by atoms with Crippen LogP contribution in [-0.4, -0.2) is 33.3 Å². The zero-order valence-electron chi connectivity index (χ0n) is 13.1. The van der Waals surface area contributed by atoms with Gasteiger partial charge in [0.25, 0.3) is 0 Å². The second-order valence-electron chi connectivity index (χ2n) is 5.10. The number of rotatable bonds is 7. The number of guanidine groups is 1. The summed E-state index contributed by atoms with van der Waals surface area (Å²) in [5.74, 6) is 2.06. The summed E-state index contributed by atoms with van der Waals surface area (Å²) in [7, 11) is 3.20. The zero-order chi connectivity index (χ0) is 15.9. The number of benzene rings is 1. The maximum atomic E-state index is 12.5. The van der Waals surface area contributed by atoms with E-state index in [1.807, 2.05) is 0 Å². The van der Waals surface area contributed by atoms with E-state index in [4.69, 9.17) is 4.74 Å². The van der Waals surface area contributed by atoms with Crippen LogP contribution in [-0.2, 0) is 6.54 Å². The number of aliphatic imine (C=N–C) groups is 1. The molecular weight excluding hydrogens is 419 g/mol. The quantitative estimate of drug-likeness (QED) is 0.388. The number of nitrogens with one attached hydrogen (secondary N) is 2. The van der Waals surface area contributed by atoms with Gasteiger partial charge in [0.2, 0.25) is 0 Å². The van der Waals surface area contributed by atoms with Crippen LogP contribution in [0.2, 0.25) is 0 Å². The molecule has 0 heterocycles. The molecule has 1 aliphatic carbocycles. The number of ether oxygens (including phenoxy) is 2. The van der Waals surface area contributed by atoms with Crippen molar-refractivity contribution in [2.45, 2.75) is 26.0 Å². The molecule has 1 saturated carbocycles. The maximum absolute atomic E-state index is 12.5. The summed E-state index contributed by atoms with van der Waals surface area (Å²) in [4.78, 5) is 4.11. The average molecular weight is 441 g/mol. The van der Waals surface area contributed by atoms with Gasteiger partial charge in [-0.2, -0.15) is 8.78 Å². The van der Waals surface area contributed by atoms with Crippen molar-refractivity contribution in [3.05, 3.63) is 23.8 Å². The van der Waals surface area contributed by atoms with Gasteiger partial charge in [0, 0.05) is 25.7 Å². The van der Waals surface area contributed by atoms with E-state index >= 15 is 0 Å². The van der Waals surface area contributed by atoms with E-state index in [2.05, 4.69) is 20.4 Å². The molecule has 1 fully saturated rings. The second-order valence-corrected chi connectivity index (χ2v) is 5.10. The van der Waals surface area contributed by atoms with Crippen molar-refractivity contribution in [3.8, 4) is 11.5 Å². The highest BCUT2D eigenvalue weighted by molar-refractivity contribution is 14.0. The van der Waals surface area contributed by atoms with E-state index in [1.165, 1.54) is 26.0 Å². The molecule has 0 radical (unpaired) electrons. The Balaban J connectivity index is 0.00000264. The van der Waals surface area contributed by atoms with Gasteiger partial charge in [0.1, 0.15) is 11.5 Å². The molecule has 0 bridgehead atoms. The van der Waals surface area contributed by atoms with E-state index in [-0.39, 0.29) is 29.7 Å². The van der Waals surface area contributed by atoms with Gasteiger partial charge >= 0.3 is 6.61 Å². The molecule has 0 saturated heterocycles. The van der Waals surface area contributed by atoms with Crippen LogP contribution < -0.4 is 20.1 Å². The first-order valence-corrected chi connectivity index (χ1v) is 7.18. The Labute approximate surface area is 151 Å². The lowest BCUT2D eigenvalue weighted by Gasteiger charge is -2.15. The van der Waals surface area contributed by atoms with Crippen molar-refractivity contribution in [1.29, 1.82) is 0 Å². The topological polar surface area (TPSA) is 54.9 Å². The lowest BCUT2D eigenvalue weighted by Crippen LogP contribution is -2.37. The van der Waals surface area contributed by atoms with Gasteiger partial charge in [0.15, 0.2) is 5.96 Å². The first-order valence-electron chi connectivity index (χ1n) is 7.18. The minimum Gasteiger partial charge on any atom is -0.497 e. The van der Waals surface area contributed by atoms with E-state index in [9.17, 15) is 8.78 Å². The van der Waals surface area contributed by atoms with E-state index in [0.29, 0.717) is 29.7 Å². The average Bonchev–Trinajstić information content (AvgIpc) is 3.32. The minimum atomic E-state index is -2.86. The Morgan fingerprint density at radius 1 is 1.35 bits per heavy atom. The molecule has 130 valence electrons. The van der Waals surface area contributed by atoms with Gasteiger partial charge in [-0.15, -0.1) is 24.0 Å². The molecule has 0 unspecified atom stereocenters. The van der Waals surface area contributed by atoms with E-state index < -0.39 is 6.61 Å². The summed E-state index contributed by atoms with van der Waals surface area (Å²) in [6, 6.07) is 4.72. The van der Waals surface area contributed by atoms with Crippen molar-refractivity contribution >= 4 is 29.9 Å². The summed E-state index contributed by atoms with van der Waals surface area (Å²) < 4.78 is 34.6. The molecule has 1 aliphatic rings. The molecule has 8 heteroatoms. The Morgan fingerprint density at radius 3 is 2.65 bits per heavy atom. The number of hydrogen-bond acceptors (Lipinski definition) is 3. The first-order chi connectivity index (χ1) is 10.6. The van der Waals surface area contributed by atoms with Crippen molar-refractivity contribution < 1.29 is 18.3 Å². The molecule has 2 N–H and O–H groups in total. The molecule has 0 spiro atoms. The SMILES string of the molecule is CN=C(NCc1cc(OC)ccc1OC(F)F)NCC1CC1.I. The summed E-state index contributed by atoms with van der Waals surface area (Å²) >= 11 is 0. The lowest BCUT2D eigenvalue weighted by molar-refractivity contribution is -0.0504. The summed E-state index contributed by atoms with van der Waals surface area (Å²) in [5, 5.41) is 6.30. The Bertz CT molecular complexity index is 525. The van der Waals surface area contributed by atoms with Gasteiger partial charge in [-0.1, -0.05) is 0 Å². The lowest BCUT2D eigenvalue weighted by atomic mass is 10.2. The first kappa shape index (κ1) is 19.7. The van der Waals surface area contributed by atoms with Crippen LogP contribution in [0.3, 0.4) is 0 Å². The van der Waals surface area contributed by atoms with Crippen molar-refractivity contribution in [3.63, 3.8) is 0 Å². The molecule has 5 nitrogen and oxygen atoms in total. The van der Waals surface area contributed by atoms with Crippen molar-refractivity contribution in [2.75, 3.05) is 20.7 Å². The molecule has 1 aromatic rings. The van der Waals surface area contributed by atoms with Crippen LogP contribution in [0.25, 0.3) is 0 Å². The number of alkyl halides is 2. The molecule has 23 heavy (non-hydrogen) atoms. The predicted octanol–water partition coefficient (Wildman–Crippen LogP) is 2.99. The van der Waals surface area contributed by atoms with Crippen LogP contribution in [0.1, 0.15) is 18.4 Å².